The van der Waals surface area contributed by atoms with E-state index in [1.165, 1.54) is 0 Å². The number of aromatic nitrogens is 2. The molecule has 0 saturated heterocycles. The molecule has 0 spiro atoms. The fourth-order valence-corrected chi connectivity index (χ4v) is 0.748. The quantitative estimate of drug-likeness (QED) is 0.531. The molecule has 1 rings (SSSR count). The van der Waals surface area contributed by atoms with Gasteiger partial charge < -0.3 is 10.2 Å². The lowest BCUT2D eigenvalue weighted by Gasteiger charge is -2.05. The molecule has 0 unspecified atom stereocenters. The van der Waals surface area contributed by atoms with E-state index in [1.54, 1.807) is 12.3 Å². The number of hydrogen-bond acceptors (Lipinski definition) is 3. The van der Waals surface area contributed by atoms with Crippen molar-refractivity contribution in [3.05, 3.63) is 18.0 Å². The van der Waals surface area contributed by atoms with Gasteiger partial charge in [0.15, 0.2) is 0 Å². The third kappa shape index (κ3) is 1.34. The van der Waals surface area contributed by atoms with E-state index in [0.29, 0.717) is 0 Å². The van der Waals surface area contributed by atoms with Crippen LogP contribution in [0.2, 0.25) is 0 Å². The summed E-state index contributed by atoms with van der Waals surface area (Å²) in [5, 5.41) is 23.7. The van der Waals surface area contributed by atoms with Crippen LogP contribution in [0.1, 0.15) is 11.6 Å². The summed E-state index contributed by atoms with van der Waals surface area (Å²) in [5.74, 6) is -0.220. The van der Waals surface area contributed by atoms with Crippen LogP contribution < -0.4 is 0 Å². The average Bonchev–Trinajstić information content (AvgIpc) is 2.43. The molecule has 0 aliphatic rings. The molecule has 3 N–H and O–H groups in total. The number of nitrogens with zero attached hydrogens (tertiary/aromatic N) is 1. The zero-order valence-corrected chi connectivity index (χ0v) is 5.49. The first-order chi connectivity index (χ1) is 4.88. The van der Waals surface area contributed by atoms with Crippen LogP contribution in [0.5, 0.6) is 0 Å². The van der Waals surface area contributed by atoms with E-state index in [9.17, 15) is 0 Å². The molecule has 0 amide bonds. The van der Waals surface area contributed by atoms with Crippen LogP contribution in [-0.2, 0) is 0 Å². The van der Waals surface area contributed by atoms with Gasteiger partial charge >= 0.3 is 0 Å². The maximum absolute atomic E-state index is 8.69. The molecule has 0 aliphatic carbocycles. The fourth-order valence-electron chi connectivity index (χ4n) is 0.748. The van der Waals surface area contributed by atoms with Gasteiger partial charge in [-0.25, -0.2) is 0 Å². The smallest absolute Gasteiger partial charge is 0.0536 e. The standard InChI is InChI=1S/C6H10N2O2/c9-3-5(4-10)6-1-2-7-8-6/h1-2,5,9-10H,3-4H2,(H,7,8). The molecular formula is C6H10N2O2. The third-order valence-electron chi connectivity index (χ3n) is 1.40. The Kier molecular flexibility index (Phi) is 2.42. The highest BCUT2D eigenvalue weighted by Crippen LogP contribution is 2.09. The van der Waals surface area contributed by atoms with Crippen LogP contribution in [0.15, 0.2) is 12.3 Å². The monoisotopic (exact) mass is 142 g/mol. The van der Waals surface area contributed by atoms with Crippen molar-refractivity contribution >= 4 is 0 Å². The molecular weight excluding hydrogens is 132 g/mol. The Labute approximate surface area is 58.5 Å². The van der Waals surface area contributed by atoms with Crippen LogP contribution >= 0.6 is 0 Å². The van der Waals surface area contributed by atoms with Crippen molar-refractivity contribution in [2.45, 2.75) is 5.92 Å². The van der Waals surface area contributed by atoms with Crippen molar-refractivity contribution in [1.82, 2.24) is 10.2 Å². The summed E-state index contributed by atoms with van der Waals surface area (Å²) >= 11 is 0. The average molecular weight is 142 g/mol. The lowest BCUT2D eigenvalue weighted by Crippen LogP contribution is -2.08. The molecule has 56 valence electrons. The molecule has 0 aliphatic heterocycles. The predicted molar refractivity (Wildman–Crippen MR) is 35.5 cm³/mol. The molecule has 0 saturated carbocycles. The minimum absolute atomic E-state index is 0.0569. The van der Waals surface area contributed by atoms with E-state index < -0.39 is 0 Å². The van der Waals surface area contributed by atoms with Crippen LogP contribution in [0, 0.1) is 0 Å². The molecule has 0 aromatic carbocycles. The number of H-pyrrole nitrogens is 1. The van der Waals surface area contributed by atoms with E-state index >= 15 is 0 Å². The molecule has 1 heterocycles. The second-order valence-corrected chi connectivity index (χ2v) is 2.07. The van der Waals surface area contributed by atoms with Crippen molar-refractivity contribution in [2.75, 3.05) is 13.2 Å². The fraction of sp³-hybridized carbons (Fsp3) is 0.500. The third-order valence-corrected chi connectivity index (χ3v) is 1.40. The number of aliphatic hydroxyl groups excluding tert-OH is 2. The summed E-state index contributed by atoms with van der Waals surface area (Å²) in [4.78, 5) is 0. The summed E-state index contributed by atoms with van der Waals surface area (Å²) in [6.45, 7) is -0.114. The minimum Gasteiger partial charge on any atom is -0.396 e. The van der Waals surface area contributed by atoms with Gasteiger partial charge in [-0.3, -0.25) is 5.10 Å². The van der Waals surface area contributed by atoms with E-state index in [0.717, 1.165) is 5.69 Å². The highest BCUT2D eigenvalue weighted by Gasteiger charge is 2.08. The molecule has 4 heteroatoms. The minimum atomic E-state index is -0.220. The Morgan fingerprint density at radius 3 is 2.60 bits per heavy atom. The Balaban J connectivity index is 2.64. The van der Waals surface area contributed by atoms with Crippen molar-refractivity contribution in [2.24, 2.45) is 0 Å². The molecule has 0 radical (unpaired) electrons. The van der Waals surface area contributed by atoms with Crippen LogP contribution in [0.3, 0.4) is 0 Å². The predicted octanol–water partition coefficient (Wildman–Crippen LogP) is -0.522. The molecule has 1 aromatic rings. The number of aromatic amines is 1. The maximum Gasteiger partial charge on any atom is 0.0536 e. The van der Waals surface area contributed by atoms with Gasteiger partial charge in [-0.1, -0.05) is 0 Å². The second-order valence-electron chi connectivity index (χ2n) is 2.07. The first-order valence-corrected chi connectivity index (χ1v) is 3.09. The lowest BCUT2D eigenvalue weighted by atomic mass is 10.1. The van der Waals surface area contributed by atoms with Crippen LogP contribution in [0.4, 0.5) is 0 Å². The SMILES string of the molecule is OCC(CO)c1ccn[nH]1. The van der Waals surface area contributed by atoms with Crippen molar-refractivity contribution in [3.8, 4) is 0 Å². The van der Waals surface area contributed by atoms with Crippen molar-refractivity contribution in [3.63, 3.8) is 0 Å². The summed E-state index contributed by atoms with van der Waals surface area (Å²) in [7, 11) is 0. The Morgan fingerprint density at radius 1 is 1.50 bits per heavy atom. The number of hydrogen-bond donors (Lipinski definition) is 3. The van der Waals surface area contributed by atoms with Crippen LogP contribution in [-0.4, -0.2) is 33.6 Å². The topological polar surface area (TPSA) is 69.1 Å². The summed E-state index contributed by atoms with van der Waals surface area (Å²) in [6, 6.07) is 1.73. The largest absolute Gasteiger partial charge is 0.396 e. The summed E-state index contributed by atoms with van der Waals surface area (Å²) in [6.07, 6.45) is 1.59. The van der Waals surface area contributed by atoms with E-state index in [2.05, 4.69) is 10.2 Å². The van der Waals surface area contributed by atoms with Gasteiger partial charge in [0, 0.05) is 17.8 Å². The molecule has 0 atom stereocenters. The van der Waals surface area contributed by atoms with Gasteiger partial charge in [0.05, 0.1) is 13.2 Å². The van der Waals surface area contributed by atoms with Gasteiger partial charge in [0.1, 0.15) is 0 Å². The zero-order valence-electron chi connectivity index (χ0n) is 5.49. The number of rotatable bonds is 3. The molecule has 10 heavy (non-hydrogen) atoms. The highest BCUT2D eigenvalue weighted by atomic mass is 16.3. The zero-order chi connectivity index (χ0) is 7.40. The van der Waals surface area contributed by atoms with Crippen molar-refractivity contribution < 1.29 is 10.2 Å². The Hall–Kier alpha value is -0.870. The summed E-state index contributed by atoms with van der Waals surface area (Å²) < 4.78 is 0. The molecule has 0 fully saturated rings. The van der Waals surface area contributed by atoms with Gasteiger partial charge in [-0.15, -0.1) is 0 Å². The van der Waals surface area contributed by atoms with Gasteiger partial charge in [0.2, 0.25) is 0 Å². The first-order valence-electron chi connectivity index (χ1n) is 3.09. The van der Waals surface area contributed by atoms with E-state index in [1.807, 2.05) is 0 Å². The number of aliphatic hydroxyl groups is 2. The Bertz CT molecular complexity index is 170. The molecule has 0 bridgehead atoms. The lowest BCUT2D eigenvalue weighted by molar-refractivity contribution is 0.190. The van der Waals surface area contributed by atoms with Crippen LogP contribution in [0.25, 0.3) is 0 Å². The van der Waals surface area contributed by atoms with Gasteiger partial charge in [0.25, 0.3) is 0 Å². The molecule has 1 aromatic heterocycles. The summed E-state index contributed by atoms with van der Waals surface area (Å²) in [5.41, 5.74) is 0.769. The van der Waals surface area contributed by atoms with Gasteiger partial charge in [-0.2, -0.15) is 5.10 Å². The first kappa shape index (κ1) is 7.24. The van der Waals surface area contributed by atoms with Gasteiger partial charge in [-0.05, 0) is 6.07 Å². The van der Waals surface area contributed by atoms with E-state index in [-0.39, 0.29) is 19.1 Å². The van der Waals surface area contributed by atoms with E-state index in [4.69, 9.17) is 10.2 Å². The maximum atomic E-state index is 8.69. The van der Waals surface area contributed by atoms with Crippen molar-refractivity contribution in [1.29, 1.82) is 0 Å². The Morgan fingerprint density at radius 2 is 2.20 bits per heavy atom. The highest BCUT2D eigenvalue weighted by molar-refractivity contribution is 5.05. The normalized spacial score (nSPS) is 10.7. The molecule has 4 nitrogen and oxygen atoms in total. The number of nitrogens with one attached hydrogen (secondary N) is 1. The second kappa shape index (κ2) is 3.34.